The zero-order valence-corrected chi connectivity index (χ0v) is 35.9. The van der Waals surface area contributed by atoms with Gasteiger partial charge in [-0.3, -0.25) is 0 Å². The third-order valence-electron chi connectivity index (χ3n) is 11.5. The monoisotopic (exact) mass is 733 g/mol. The molecule has 0 fully saturated rings. The van der Waals surface area contributed by atoms with Crippen LogP contribution in [-0.2, 0) is 20.2 Å². The number of methoxy groups -OCH3 is 1. The van der Waals surface area contributed by atoms with Crippen LogP contribution >= 0.6 is 0 Å². The molecule has 0 spiro atoms. The molecule has 0 saturated heterocycles. The van der Waals surface area contributed by atoms with Crippen LogP contribution in [0.15, 0.2) is 61.2 Å². The molecule has 0 aliphatic carbocycles. The zero-order valence-electron chi connectivity index (χ0n) is 33.9. The first-order chi connectivity index (χ1) is 23.6. The lowest BCUT2D eigenvalue weighted by molar-refractivity contribution is -0.0263. The number of rotatable bonds is 28. The number of ether oxygens (including phenoxy) is 2. The van der Waals surface area contributed by atoms with E-state index in [4.69, 9.17) is 18.3 Å². The minimum Gasteiger partial charge on any atom is -0.497 e. The summed E-state index contributed by atoms with van der Waals surface area (Å²) in [7, 11) is -1.98. The average molecular weight is 733 g/mol. The highest BCUT2D eigenvalue weighted by Crippen LogP contribution is 2.32. The van der Waals surface area contributed by atoms with Crippen LogP contribution in [0.25, 0.3) is 0 Å². The van der Waals surface area contributed by atoms with Crippen molar-refractivity contribution in [2.45, 2.75) is 174 Å². The summed E-state index contributed by atoms with van der Waals surface area (Å²) in [6, 6.07) is 14.6. The number of hydrogen-bond donors (Lipinski definition) is 2. The number of allylic oxidation sites excluding steroid dienone is 1. The van der Waals surface area contributed by atoms with Crippen LogP contribution in [0, 0.1) is 11.8 Å². The van der Waals surface area contributed by atoms with Gasteiger partial charge in [-0.1, -0.05) is 97.9 Å². The van der Waals surface area contributed by atoms with Crippen LogP contribution < -0.4 is 4.74 Å². The molecule has 0 saturated carbocycles. The third-order valence-corrected chi connectivity index (χ3v) is 20.8. The Balaban J connectivity index is 2.96. The highest BCUT2D eigenvalue weighted by Gasteiger charge is 2.36. The Hall–Kier alpha value is -1.53. The van der Waals surface area contributed by atoms with E-state index in [2.05, 4.69) is 75.5 Å². The van der Waals surface area contributed by atoms with E-state index in [9.17, 15) is 10.2 Å². The second kappa shape index (κ2) is 23.2. The predicted octanol–water partition coefficient (Wildman–Crippen LogP) is 11.0. The molecule has 1 aromatic carbocycles. The van der Waals surface area contributed by atoms with Gasteiger partial charge in [0.15, 0.2) is 16.6 Å². The minimum atomic E-state index is -1.87. The second-order valence-corrected chi connectivity index (χ2v) is 24.4. The van der Waals surface area contributed by atoms with Crippen molar-refractivity contribution < 1.29 is 28.5 Å². The van der Waals surface area contributed by atoms with E-state index >= 15 is 0 Å². The van der Waals surface area contributed by atoms with E-state index in [1.165, 1.54) is 0 Å². The molecule has 2 N–H and O–H groups in total. The van der Waals surface area contributed by atoms with E-state index in [1.54, 1.807) is 20.1 Å². The van der Waals surface area contributed by atoms with Crippen molar-refractivity contribution in [3.8, 4) is 5.75 Å². The van der Waals surface area contributed by atoms with Crippen molar-refractivity contribution in [1.29, 1.82) is 0 Å². The molecule has 6 nitrogen and oxygen atoms in total. The number of aliphatic hydroxyl groups is 2. The summed E-state index contributed by atoms with van der Waals surface area (Å²) >= 11 is 0. The van der Waals surface area contributed by atoms with Crippen molar-refractivity contribution in [1.82, 2.24) is 0 Å². The van der Waals surface area contributed by atoms with E-state index in [0.29, 0.717) is 25.4 Å². The third kappa shape index (κ3) is 15.2. The number of aliphatic hydroxyl groups excluding tert-OH is 1. The molecular formula is C42H76O6Si2. The maximum absolute atomic E-state index is 11.4. The van der Waals surface area contributed by atoms with Gasteiger partial charge in [-0.25, -0.2) is 0 Å². The highest BCUT2D eigenvalue weighted by atomic mass is 28.4. The SMILES string of the molecule is C=CC[C@@H](CC(=C)CC(O)[C@](C)(O)/C=C/C[C@H](C)[C@@H](C[C@H](C)[C@H](C)OCc1ccc(OC)cc1)O[Si](CC)(CC)CC)O[Si](CC)(CC)CC. The summed E-state index contributed by atoms with van der Waals surface area (Å²) in [6.45, 7) is 30.7. The summed E-state index contributed by atoms with van der Waals surface area (Å²) in [4.78, 5) is 0. The first kappa shape index (κ1) is 46.5. The van der Waals surface area contributed by atoms with Gasteiger partial charge in [0.05, 0.1) is 32.0 Å². The fourth-order valence-corrected chi connectivity index (χ4v) is 12.6. The fraction of sp³-hybridized carbons (Fsp3) is 0.714. The van der Waals surface area contributed by atoms with Gasteiger partial charge in [-0.2, -0.15) is 0 Å². The molecule has 0 aliphatic heterocycles. The van der Waals surface area contributed by atoms with Crippen LogP contribution in [0.3, 0.4) is 0 Å². The summed E-state index contributed by atoms with van der Waals surface area (Å²) in [5.41, 5.74) is 0.638. The minimum absolute atomic E-state index is 0.0139. The van der Waals surface area contributed by atoms with Crippen LogP contribution in [0.5, 0.6) is 5.75 Å². The molecule has 1 unspecified atom stereocenters. The molecule has 0 aliphatic rings. The van der Waals surface area contributed by atoms with Crippen LogP contribution in [0.2, 0.25) is 36.3 Å². The normalized spacial score (nSPS) is 17.5. The van der Waals surface area contributed by atoms with Gasteiger partial charge in [-0.15, -0.1) is 6.58 Å². The lowest BCUT2D eigenvalue weighted by atomic mass is 9.88. The summed E-state index contributed by atoms with van der Waals surface area (Å²) in [5, 5.41) is 22.5. The van der Waals surface area contributed by atoms with Crippen molar-refractivity contribution >= 4 is 16.6 Å². The van der Waals surface area contributed by atoms with Crippen molar-refractivity contribution in [3.05, 3.63) is 66.8 Å². The molecule has 0 bridgehead atoms. The molecule has 1 aromatic rings. The van der Waals surface area contributed by atoms with E-state index < -0.39 is 28.3 Å². The fourth-order valence-electron chi connectivity index (χ4n) is 6.77. The maximum Gasteiger partial charge on any atom is 0.192 e. The summed E-state index contributed by atoms with van der Waals surface area (Å²) in [5.74, 6) is 1.38. The first-order valence-corrected chi connectivity index (χ1v) is 24.6. The van der Waals surface area contributed by atoms with E-state index in [1.807, 2.05) is 36.4 Å². The Morgan fingerprint density at radius 3 is 1.88 bits per heavy atom. The Bertz CT molecular complexity index is 1100. The van der Waals surface area contributed by atoms with Crippen molar-refractivity contribution in [2.24, 2.45) is 11.8 Å². The molecule has 8 heteroatoms. The molecule has 288 valence electrons. The predicted molar refractivity (Wildman–Crippen MR) is 218 cm³/mol. The molecule has 0 amide bonds. The Morgan fingerprint density at radius 2 is 1.38 bits per heavy atom. The van der Waals surface area contributed by atoms with E-state index in [-0.39, 0.29) is 24.2 Å². The standard InChI is InChI=1S/C42H76O6Si2/c1-14-22-39(47-49(15-2,16-3)17-4)29-33(8)30-41(43)42(12,44)28-21-23-34(9)40(48-50(18-5,19-6)20-7)31-35(10)36(11)46-32-37-24-26-38(45-13)27-25-37/h14,21,24-28,34-36,39-41,43-44H,1,8,15-20,22-23,29-32H2,2-7,9-13H3/b28-21+/t34-,35-,36-,39-,40+,41?,42+/m0/s1. The molecular weight excluding hydrogens is 657 g/mol. The lowest BCUT2D eigenvalue weighted by Crippen LogP contribution is -2.43. The van der Waals surface area contributed by atoms with Gasteiger partial charge in [0.1, 0.15) is 11.4 Å². The first-order valence-electron chi connectivity index (χ1n) is 19.6. The van der Waals surface area contributed by atoms with Gasteiger partial charge in [0.25, 0.3) is 0 Å². The quantitative estimate of drug-likeness (QED) is 0.0660. The van der Waals surface area contributed by atoms with Gasteiger partial charge in [0, 0.05) is 6.10 Å². The molecule has 1 rings (SSSR count). The lowest BCUT2D eigenvalue weighted by Gasteiger charge is -2.38. The summed E-state index contributed by atoms with van der Waals surface area (Å²) < 4.78 is 25.5. The molecule has 7 atom stereocenters. The molecule has 0 heterocycles. The molecule has 0 aromatic heterocycles. The number of benzene rings is 1. The van der Waals surface area contributed by atoms with E-state index in [0.717, 1.165) is 72.4 Å². The maximum atomic E-state index is 11.4. The average Bonchev–Trinajstić information content (AvgIpc) is 3.11. The van der Waals surface area contributed by atoms with Gasteiger partial charge in [-0.05, 0) is 112 Å². The topological polar surface area (TPSA) is 77.4 Å². The van der Waals surface area contributed by atoms with Gasteiger partial charge in [0.2, 0.25) is 0 Å². The second-order valence-electron chi connectivity index (χ2n) is 15.0. The van der Waals surface area contributed by atoms with Crippen LogP contribution in [-0.4, -0.2) is 64.0 Å². The van der Waals surface area contributed by atoms with Gasteiger partial charge < -0.3 is 28.5 Å². The van der Waals surface area contributed by atoms with Gasteiger partial charge >= 0.3 is 0 Å². The van der Waals surface area contributed by atoms with Crippen molar-refractivity contribution in [2.75, 3.05) is 7.11 Å². The summed E-state index contributed by atoms with van der Waals surface area (Å²) in [6.07, 6.45) is 8.29. The molecule has 0 radical (unpaired) electrons. The Morgan fingerprint density at radius 1 is 0.840 bits per heavy atom. The van der Waals surface area contributed by atoms with Crippen LogP contribution in [0.4, 0.5) is 0 Å². The zero-order chi connectivity index (χ0) is 38.0. The smallest absolute Gasteiger partial charge is 0.192 e. The largest absolute Gasteiger partial charge is 0.497 e. The molecule has 50 heavy (non-hydrogen) atoms. The number of hydrogen-bond acceptors (Lipinski definition) is 6. The Labute approximate surface area is 310 Å². The highest BCUT2D eigenvalue weighted by molar-refractivity contribution is 6.74. The Kier molecular flexibility index (Phi) is 21.6. The van der Waals surface area contributed by atoms with Crippen molar-refractivity contribution in [3.63, 3.8) is 0 Å². The van der Waals surface area contributed by atoms with Crippen LogP contribution in [0.1, 0.15) is 107 Å².